The van der Waals surface area contributed by atoms with Gasteiger partial charge in [-0.25, -0.2) is 5.43 Å². The van der Waals surface area contributed by atoms with E-state index in [1.165, 1.54) is 38.7 Å². The highest BCUT2D eigenvalue weighted by Crippen LogP contribution is 2.25. The second kappa shape index (κ2) is 10.9. The van der Waals surface area contributed by atoms with Crippen molar-refractivity contribution in [2.45, 2.75) is 32.6 Å². The summed E-state index contributed by atoms with van der Waals surface area (Å²) in [5.41, 5.74) is 3.59. The highest BCUT2D eigenvalue weighted by Gasteiger charge is 2.05. The minimum absolute atomic E-state index is 0.0121. The van der Waals surface area contributed by atoms with E-state index in [1.807, 2.05) is 0 Å². The zero-order valence-electron chi connectivity index (χ0n) is 15.8. The van der Waals surface area contributed by atoms with E-state index in [4.69, 9.17) is 9.47 Å². The van der Waals surface area contributed by atoms with Gasteiger partial charge in [-0.2, -0.15) is 5.10 Å². The van der Waals surface area contributed by atoms with Crippen molar-refractivity contribution in [1.82, 2.24) is 5.43 Å². The summed E-state index contributed by atoms with van der Waals surface area (Å²) in [6, 6.07) is 11.8. The van der Waals surface area contributed by atoms with Gasteiger partial charge < -0.3 is 14.6 Å². The average molecular weight is 370 g/mol. The molecule has 0 saturated carbocycles. The molecule has 0 radical (unpaired) electrons. The Bertz CT molecular complexity index is 757. The van der Waals surface area contributed by atoms with Crippen molar-refractivity contribution >= 4 is 12.1 Å². The molecule has 0 heterocycles. The monoisotopic (exact) mass is 370 g/mol. The first-order valence-electron chi connectivity index (χ1n) is 9.07. The Balaban J connectivity index is 1.82. The smallest absolute Gasteiger partial charge is 0.271 e. The van der Waals surface area contributed by atoms with Gasteiger partial charge in [0.05, 0.1) is 19.9 Å². The summed E-state index contributed by atoms with van der Waals surface area (Å²) in [7, 11) is 1.48. The number of nitrogens with one attached hydrogen (secondary N) is 1. The molecular weight excluding hydrogens is 344 g/mol. The number of carbonyl (C=O) groups is 1. The van der Waals surface area contributed by atoms with Crippen molar-refractivity contribution in [3.05, 3.63) is 53.6 Å². The summed E-state index contributed by atoms with van der Waals surface area (Å²) in [6.07, 6.45) is 6.07. The van der Waals surface area contributed by atoms with Crippen molar-refractivity contribution in [3.8, 4) is 17.2 Å². The number of phenolic OH excluding ortho intramolecular Hbond substituents is 1. The first-order chi connectivity index (χ1) is 13.1. The number of aromatic hydroxyl groups is 1. The number of carbonyl (C=O) groups excluding carboxylic acids is 1. The Morgan fingerprint density at radius 1 is 1.15 bits per heavy atom. The largest absolute Gasteiger partial charge is 0.504 e. The first-order valence-corrected chi connectivity index (χ1v) is 9.07. The van der Waals surface area contributed by atoms with Crippen LogP contribution in [-0.4, -0.2) is 30.9 Å². The van der Waals surface area contributed by atoms with Crippen LogP contribution < -0.4 is 14.9 Å². The summed E-state index contributed by atoms with van der Waals surface area (Å²) in [5, 5.41) is 13.6. The second-order valence-corrected chi connectivity index (χ2v) is 6.06. The molecule has 0 atom stereocenters. The molecule has 0 aliphatic rings. The van der Waals surface area contributed by atoms with E-state index in [0.29, 0.717) is 23.5 Å². The normalized spacial score (nSPS) is 10.7. The van der Waals surface area contributed by atoms with Gasteiger partial charge in [-0.3, -0.25) is 4.79 Å². The molecule has 0 bridgehead atoms. The predicted molar refractivity (Wildman–Crippen MR) is 106 cm³/mol. The molecule has 0 aromatic heterocycles. The molecule has 144 valence electrons. The van der Waals surface area contributed by atoms with E-state index in [0.717, 1.165) is 12.2 Å². The maximum atomic E-state index is 12.1. The van der Waals surface area contributed by atoms with E-state index >= 15 is 0 Å². The lowest BCUT2D eigenvalue weighted by Crippen LogP contribution is -2.17. The summed E-state index contributed by atoms with van der Waals surface area (Å²) < 4.78 is 10.6. The van der Waals surface area contributed by atoms with E-state index in [9.17, 15) is 9.90 Å². The molecule has 2 rings (SSSR count). The van der Waals surface area contributed by atoms with Gasteiger partial charge in [-0.1, -0.05) is 26.2 Å². The highest BCUT2D eigenvalue weighted by atomic mass is 16.5. The molecule has 27 heavy (non-hydrogen) atoms. The van der Waals surface area contributed by atoms with Gasteiger partial charge in [0.15, 0.2) is 11.5 Å². The standard InChI is InChI=1S/C21H26N2O4/c1-3-4-5-6-13-27-18-10-8-17(9-11-18)21(25)23-22-15-16-7-12-20(26-2)19(24)14-16/h7-12,14-15,24H,3-6,13H2,1-2H3,(H,23,25)/b22-15+. The number of hydrazone groups is 1. The van der Waals surface area contributed by atoms with Crippen LogP contribution in [0.3, 0.4) is 0 Å². The summed E-state index contributed by atoms with van der Waals surface area (Å²) in [6.45, 7) is 2.86. The molecular formula is C21H26N2O4. The molecule has 0 fully saturated rings. The van der Waals surface area contributed by atoms with Crippen molar-refractivity contribution < 1.29 is 19.4 Å². The molecule has 1 amide bonds. The van der Waals surface area contributed by atoms with Crippen LogP contribution in [0.2, 0.25) is 0 Å². The van der Waals surface area contributed by atoms with Crippen LogP contribution in [-0.2, 0) is 0 Å². The number of rotatable bonds is 10. The maximum Gasteiger partial charge on any atom is 0.271 e. The van der Waals surface area contributed by atoms with Gasteiger partial charge >= 0.3 is 0 Å². The van der Waals surface area contributed by atoms with Gasteiger partial charge in [0.25, 0.3) is 5.91 Å². The third-order valence-corrected chi connectivity index (χ3v) is 3.97. The molecule has 0 saturated heterocycles. The summed E-state index contributed by atoms with van der Waals surface area (Å²) >= 11 is 0. The molecule has 0 aliphatic heterocycles. The molecule has 2 aromatic rings. The summed E-state index contributed by atoms with van der Waals surface area (Å²) in [4.78, 5) is 12.1. The number of benzene rings is 2. The number of nitrogens with zero attached hydrogens (tertiary/aromatic N) is 1. The lowest BCUT2D eigenvalue weighted by molar-refractivity contribution is 0.0955. The maximum absolute atomic E-state index is 12.1. The third-order valence-electron chi connectivity index (χ3n) is 3.97. The number of ether oxygens (including phenoxy) is 2. The van der Waals surface area contributed by atoms with Crippen molar-refractivity contribution in [2.75, 3.05) is 13.7 Å². The van der Waals surface area contributed by atoms with Gasteiger partial charge in [0.2, 0.25) is 0 Å². The predicted octanol–water partition coefficient (Wildman–Crippen LogP) is 4.12. The van der Waals surface area contributed by atoms with Gasteiger partial charge in [0, 0.05) is 5.56 Å². The molecule has 6 nitrogen and oxygen atoms in total. The molecule has 0 spiro atoms. The van der Waals surface area contributed by atoms with Crippen LogP contribution >= 0.6 is 0 Å². The topological polar surface area (TPSA) is 80.2 Å². The van der Waals surface area contributed by atoms with Gasteiger partial charge in [-0.05, 0) is 54.4 Å². The second-order valence-electron chi connectivity index (χ2n) is 6.06. The first kappa shape index (κ1) is 20.3. The number of hydrogen-bond acceptors (Lipinski definition) is 5. The SMILES string of the molecule is CCCCCCOc1ccc(C(=O)N/N=C/c2ccc(OC)c(O)c2)cc1. The lowest BCUT2D eigenvalue weighted by atomic mass is 10.2. The Morgan fingerprint density at radius 3 is 2.59 bits per heavy atom. The van der Waals surface area contributed by atoms with Crippen LogP contribution in [0.25, 0.3) is 0 Å². The van der Waals surface area contributed by atoms with Crippen LogP contribution in [0.1, 0.15) is 48.5 Å². The van der Waals surface area contributed by atoms with Gasteiger partial charge in [0.1, 0.15) is 5.75 Å². The van der Waals surface area contributed by atoms with Crippen LogP contribution in [0.15, 0.2) is 47.6 Å². The molecule has 0 aliphatic carbocycles. The quantitative estimate of drug-likeness (QED) is 0.374. The zero-order valence-corrected chi connectivity index (χ0v) is 15.8. The Morgan fingerprint density at radius 2 is 1.93 bits per heavy atom. The lowest BCUT2D eigenvalue weighted by Gasteiger charge is -2.06. The fourth-order valence-electron chi connectivity index (χ4n) is 2.44. The van der Waals surface area contributed by atoms with E-state index in [-0.39, 0.29) is 11.7 Å². The van der Waals surface area contributed by atoms with Crippen molar-refractivity contribution in [2.24, 2.45) is 5.10 Å². The summed E-state index contributed by atoms with van der Waals surface area (Å²) in [5.74, 6) is 0.820. The van der Waals surface area contributed by atoms with Crippen LogP contribution in [0.4, 0.5) is 0 Å². The Labute approximate surface area is 159 Å². The number of methoxy groups -OCH3 is 1. The van der Waals surface area contributed by atoms with Crippen LogP contribution in [0.5, 0.6) is 17.2 Å². The van der Waals surface area contributed by atoms with Crippen LogP contribution in [0, 0.1) is 0 Å². The average Bonchev–Trinajstić information content (AvgIpc) is 2.68. The minimum atomic E-state index is -0.321. The number of phenols is 1. The van der Waals surface area contributed by atoms with E-state index in [1.54, 1.807) is 36.4 Å². The fraction of sp³-hybridized carbons (Fsp3) is 0.333. The fourth-order valence-corrected chi connectivity index (χ4v) is 2.44. The Kier molecular flexibility index (Phi) is 8.16. The van der Waals surface area contributed by atoms with Crippen molar-refractivity contribution in [3.63, 3.8) is 0 Å². The third kappa shape index (κ3) is 6.66. The highest BCUT2D eigenvalue weighted by molar-refractivity contribution is 5.95. The molecule has 6 heteroatoms. The van der Waals surface area contributed by atoms with E-state index < -0.39 is 0 Å². The Hall–Kier alpha value is -3.02. The molecule has 2 N–H and O–H groups in total. The minimum Gasteiger partial charge on any atom is -0.504 e. The molecule has 2 aromatic carbocycles. The molecule has 0 unspecified atom stereocenters. The van der Waals surface area contributed by atoms with Crippen molar-refractivity contribution in [1.29, 1.82) is 0 Å². The van der Waals surface area contributed by atoms with E-state index in [2.05, 4.69) is 17.5 Å². The number of amides is 1. The van der Waals surface area contributed by atoms with Gasteiger partial charge in [-0.15, -0.1) is 0 Å². The zero-order chi connectivity index (χ0) is 19.5. The number of hydrogen-bond donors (Lipinski definition) is 2. The number of unbranched alkanes of at least 4 members (excludes halogenated alkanes) is 3.